The third-order valence-corrected chi connectivity index (χ3v) is 3.60. The van der Waals surface area contributed by atoms with Gasteiger partial charge in [0.1, 0.15) is 0 Å². The van der Waals surface area contributed by atoms with Crippen molar-refractivity contribution in [2.24, 2.45) is 5.16 Å². The van der Waals surface area contributed by atoms with E-state index in [2.05, 4.69) is 10.5 Å². The number of benzene rings is 2. The molecule has 2 aromatic rings. The summed E-state index contributed by atoms with van der Waals surface area (Å²) >= 11 is 0. The number of rotatable bonds is 9. The van der Waals surface area contributed by atoms with Crippen molar-refractivity contribution in [1.29, 1.82) is 0 Å². The van der Waals surface area contributed by atoms with Crippen LogP contribution in [0.1, 0.15) is 36.7 Å². The van der Waals surface area contributed by atoms with Crippen LogP contribution in [-0.4, -0.2) is 37.7 Å². The van der Waals surface area contributed by atoms with E-state index in [1.54, 1.807) is 43.5 Å². The number of carbonyl (C=O) groups is 2. The van der Waals surface area contributed by atoms with Crippen LogP contribution in [0.5, 0.6) is 11.5 Å². The van der Waals surface area contributed by atoms with Gasteiger partial charge in [-0.05, 0) is 63.2 Å². The maximum Gasteiger partial charge on any atom is 0.265 e. The molecule has 0 spiro atoms. The van der Waals surface area contributed by atoms with Gasteiger partial charge in [0.15, 0.2) is 23.9 Å². The summed E-state index contributed by atoms with van der Waals surface area (Å²) in [6, 6.07) is 12.0. The number of ketones is 1. The van der Waals surface area contributed by atoms with E-state index in [1.165, 1.54) is 13.1 Å². The Bertz CT molecular complexity index is 844. The number of anilines is 1. The normalized spacial score (nSPS) is 10.8. The summed E-state index contributed by atoms with van der Waals surface area (Å²) in [5.74, 6) is 0.845. The van der Waals surface area contributed by atoms with E-state index in [0.29, 0.717) is 22.7 Å². The molecule has 28 heavy (non-hydrogen) atoms. The number of Topliss-reactive ketones (excluding diaryl/α,β-unsaturated/α-hetero) is 1. The van der Waals surface area contributed by atoms with Crippen LogP contribution in [0.15, 0.2) is 47.6 Å². The van der Waals surface area contributed by atoms with Gasteiger partial charge in [-0.25, -0.2) is 0 Å². The number of ether oxygens (including phenoxy) is 2. The SMILES string of the molecule is COc1cc(/C=N\OCC(=O)Nc2ccc(C(C)=O)cc2)ccc1OC(C)C. The number of methoxy groups -OCH3 is 1. The number of oxime groups is 1. The first-order valence-electron chi connectivity index (χ1n) is 8.80. The fraction of sp³-hybridized carbons (Fsp3) is 0.286. The van der Waals surface area contributed by atoms with Gasteiger partial charge in [-0.15, -0.1) is 0 Å². The first-order valence-corrected chi connectivity index (χ1v) is 8.80. The van der Waals surface area contributed by atoms with Gasteiger partial charge < -0.3 is 19.6 Å². The molecule has 0 aliphatic heterocycles. The van der Waals surface area contributed by atoms with E-state index >= 15 is 0 Å². The Morgan fingerprint density at radius 1 is 1.11 bits per heavy atom. The van der Waals surface area contributed by atoms with Gasteiger partial charge in [0.05, 0.1) is 19.4 Å². The molecular weight excluding hydrogens is 360 g/mol. The molecule has 2 aromatic carbocycles. The van der Waals surface area contributed by atoms with Crippen molar-refractivity contribution in [3.05, 3.63) is 53.6 Å². The molecule has 0 heterocycles. The summed E-state index contributed by atoms with van der Waals surface area (Å²) in [6.07, 6.45) is 1.52. The highest BCUT2D eigenvalue weighted by atomic mass is 16.6. The second kappa shape index (κ2) is 10.1. The van der Waals surface area contributed by atoms with Crippen molar-refractivity contribution in [3.8, 4) is 11.5 Å². The van der Waals surface area contributed by atoms with E-state index < -0.39 is 0 Å². The highest BCUT2D eigenvalue weighted by Gasteiger charge is 2.07. The molecule has 7 heteroatoms. The Balaban J connectivity index is 1.85. The van der Waals surface area contributed by atoms with Crippen molar-refractivity contribution >= 4 is 23.6 Å². The maximum atomic E-state index is 11.9. The fourth-order valence-electron chi connectivity index (χ4n) is 2.30. The highest BCUT2D eigenvalue weighted by Crippen LogP contribution is 2.28. The third kappa shape index (κ3) is 6.42. The van der Waals surface area contributed by atoms with Crippen LogP contribution in [0, 0.1) is 0 Å². The van der Waals surface area contributed by atoms with Gasteiger partial charge >= 0.3 is 0 Å². The first-order chi connectivity index (χ1) is 13.4. The van der Waals surface area contributed by atoms with Gasteiger partial charge in [-0.1, -0.05) is 5.16 Å². The number of hydrogen-bond donors (Lipinski definition) is 1. The number of nitrogens with one attached hydrogen (secondary N) is 1. The van der Waals surface area contributed by atoms with E-state index in [1.807, 2.05) is 19.9 Å². The van der Waals surface area contributed by atoms with Gasteiger partial charge in [-0.3, -0.25) is 9.59 Å². The predicted molar refractivity (Wildman–Crippen MR) is 107 cm³/mol. The molecule has 0 atom stereocenters. The summed E-state index contributed by atoms with van der Waals surface area (Å²) in [5, 5.41) is 6.46. The molecule has 0 fully saturated rings. The molecule has 0 saturated carbocycles. The number of amides is 1. The summed E-state index contributed by atoms with van der Waals surface area (Å²) in [6.45, 7) is 5.12. The topological polar surface area (TPSA) is 86.2 Å². The number of carbonyl (C=O) groups excluding carboxylic acids is 2. The van der Waals surface area contributed by atoms with Crippen LogP contribution in [-0.2, 0) is 9.63 Å². The second-order valence-electron chi connectivity index (χ2n) is 6.27. The number of nitrogens with zero attached hydrogens (tertiary/aromatic N) is 1. The fourth-order valence-corrected chi connectivity index (χ4v) is 2.30. The van der Waals surface area contributed by atoms with E-state index in [4.69, 9.17) is 14.3 Å². The molecule has 1 N–H and O–H groups in total. The number of hydrogen-bond acceptors (Lipinski definition) is 6. The van der Waals surface area contributed by atoms with Crippen LogP contribution < -0.4 is 14.8 Å². The quantitative estimate of drug-likeness (QED) is 0.405. The summed E-state index contributed by atoms with van der Waals surface area (Å²) in [5.41, 5.74) is 1.90. The second-order valence-corrected chi connectivity index (χ2v) is 6.27. The zero-order valence-corrected chi connectivity index (χ0v) is 16.4. The minimum Gasteiger partial charge on any atom is -0.493 e. The van der Waals surface area contributed by atoms with Crippen molar-refractivity contribution in [1.82, 2.24) is 0 Å². The average Bonchev–Trinajstić information content (AvgIpc) is 2.66. The van der Waals surface area contributed by atoms with Crippen LogP contribution in [0.4, 0.5) is 5.69 Å². The molecule has 148 valence electrons. The van der Waals surface area contributed by atoms with Crippen LogP contribution in [0.2, 0.25) is 0 Å². The zero-order chi connectivity index (χ0) is 20.5. The minimum absolute atomic E-state index is 0.0315. The Kier molecular flexibility index (Phi) is 7.56. The van der Waals surface area contributed by atoms with E-state index in [-0.39, 0.29) is 24.4 Å². The molecule has 0 aliphatic carbocycles. The molecule has 1 amide bonds. The van der Waals surface area contributed by atoms with Crippen molar-refractivity contribution in [3.63, 3.8) is 0 Å². The Labute approximate surface area is 164 Å². The summed E-state index contributed by atoms with van der Waals surface area (Å²) in [4.78, 5) is 28.1. The molecule has 0 aliphatic rings. The van der Waals surface area contributed by atoms with Crippen molar-refractivity contribution in [2.75, 3.05) is 19.0 Å². The monoisotopic (exact) mass is 384 g/mol. The lowest BCUT2D eigenvalue weighted by Crippen LogP contribution is -2.17. The molecule has 7 nitrogen and oxygen atoms in total. The van der Waals surface area contributed by atoms with Gasteiger partial charge in [-0.2, -0.15) is 0 Å². The molecular formula is C21H24N2O5. The lowest BCUT2D eigenvalue weighted by Gasteiger charge is -2.13. The lowest BCUT2D eigenvalue weighted by molar-refractivity contribution is -0.120. The van der Waals surface area contributed by atoms with Crippen molar-refractivity contribution in [2.45, 2.75) is 26.9 Å². The molecule has 0 bridgehead atoms. The Morgan fingerprint density at radius 3 is 2.43 bits per heavy atom. The van der Waals surface area contributed by atoms with Crippen LogP contribution in [0.3, 0.4) is 0 Å². The van der Waals surface area contributed by atoms with Crippen LogP contribution in [0.25, 0.3) is 0 Å². The summed E-state index contributed by atoms with van der Waals surface area (Å²) in [7, 11) is 1.56. The molecule has 0 radical (unpaired) electrons. The maximum absolute atomic E-state index is 11.9. The Hall–Kier alpha value is -3.35. The van der Waals surface area contributed by atoms with E-state index in [0.717, 1.165) is 5.56 Å². The first kappa shape index (κ1) is 21.0. The standard InChI is InChI=1S/C21H24N2O5/c1-14(2)28-19-10-5-16(11-20(19)26-4)12-22-27-13-21(25)23-18-8-6-17(7-9-18)15(3)24/h5-12,14H,13H2,1-4H3,(H,23,25)/b22-12-. The molecule has 2 rings (SSSR count). The van der Waals surface area contributed by atoms with E-state index in [9.17, 15) is 9.59 Å². The molecule has 0 saturated heterocycles. The van der Waals surface area contributed by atoms with Gasteiger partial charge in [0, 0.05) is 16.8 Å². The lowest BCUT2D eigenvalue weighted by atomic mass is 10.1. The largest absolute Gasteiger partial charge is 0.493 e. The van der Waals surface area contributed by atoms with Crippen molar-refractivity contribution < 1.29 is 23.9 Å². The highest BCUT2D eigenvalue weighted by molar-refractivity contribution is 5.95. The van der Waals surface area contributed by atoms with Gasteiger partial charge in [0.2, 0.25) is 0 Å². The molecule has 0 aromatic heterocycles. The summed E-state index contributed by atoms with van der Waals surface area (Å²) < 4.78 is 11.0. The third-order valence-electron chi connectivity index (χ3n) is 3.60. The Morgan fingerprint density at radius 2 is 1.82 bits per heavy atom. The predicted octanol–water partition coefficient (Wildman–Crippen LogP) is 3.67. The molecule has 0 unspecified atom stereocenters. The van der Waals surface area contributed by atoms with Gasteiger partial charge in [0.25, 0.3) is 5.91 Å². The smallest absolute Gasteiger partial charge is 0.265 e. The zero-order valence-electron chi connectivity index (χ0n) is 16.4. The average molecular weight is 384 g/mol. The van der Waals surface area contributed by atoms with Crippen LogP contribution >= 0.6 is 0 Å². The minimum atomic E-state index is -0.356.